The van der Waals surface area contributed by atoms with E-state index < -0.39 is 5.60 Å². The molecule has 1 unspecified atom stereocenters. The largest absolute Gasteiger partial charge is 0.378 e. The van der Waals surface area contributed by atoms with E-state index in [1.54, 1.807) is 25.1 Å². The molecule has 0 radical (unpaired) electrons. The predicted molar refractivity (Wildman–Crippen MR) is 79.6 cm³/mol. The van der Waals surface area contributed by atoms with Gasteiger partial charge < -0.3 is 9.63 Å². The zero-order chi connectivity index (χ0) is 15.4. The Kier molecular flexibility index (Phi) is 3.20. The summed E-state index contributed by atoms with van der Waals surface area (Å²) in [5.41, 5.74) is -0.107. The summed E-state index contributed by atoms with van der Waals surface area (Å²) in [5, 5.41) is 15.0. The summed E-state index contributed by atoms with van der Waals surface area (Å²) in [6.07, 6.45) is 1.45. The molecule has 1 N–H and O–H groups in total. The van der Waals surface area contributed by atoms with Crippen LogP contribution in [0.4, 0.5) is 0 Å². The summed E-state index contributed by atoms with van der Waals surface area (Å²) < 4.78 is 5.20. The fourth-order valence-corrected chi connectivity index (χ4v) is 3.07. The van der Waals surface area contributed by atoms with Gasteiger partial charge in [-0.15, -0.1) is 0 Å². The second-order valence-corrected chi connectivity index (χ2v) is 5.95. The van der Waals surface area contributed by atoms with Gasteiger partial charge in [-0.1, -0.05) is 34.4 Å². The van der Waals surface area contributed by atoms with Crippen molar-refractivity contribution in [2.24, 2.45) is 0 Å². The molecule has 21 heavy (non-hydrogen) atoms. The van der Waals surface area contributed by atoms with Gasteiger partial charge in [0.15, 0.2) is 11.5 Å². The molecule has 1 aromatic heterocycles. The predicted octanol–water partition coefficient (Wildman–Crippen LogP) is 4.00. The summed E-state index contributed by atoms with van der Waals surface area (Å²) in [7, 11) is 0. The van der Waals surface area contributed by atoms with Crippen LogP contribution in [0.15, 0.2) is 34.4 Å². The molecule has 1 aliphatic carbocycles. The number of carbonyl (C=O) groups is 1. The highest BCUT2D eigenvalue weighted by Crippen LogP contribution is 2.42. The van der Waals surface area contributed by atoms with Crippen LogP contribution in [0.1, 0.15) is 30.0 Å². The number of hydrogen-bond donors (Lipinski definition) is 1. The third kappa shape index (κ3) is 2.11. The number of nitrogens with zero attached hydrogens (tertiary/aromatic N) is 1. The number of fused-ring (bicyclic) bond motifs is 1. The first-order chi connectivity index (χ1) is 9.83. The van der Waals surface area contributed by atoms with Gasteiger partial charge in [-0.05, 0) is 37.6 Å². The van der Waals surface area contributed by atoms with Crippen LogP contribution in [0.2, 0.25) is 10.0 Å². The van der Waals surface area contributed by atoms with Crippen LogP contribution < -0.4 is 0 Å². The van der Waals surface area contributed by atoms with Crippen LogP contribution in [0, 0.1) is 0 Å². The van der Waals surface area contributed by atoms with Crippen molar-refractivity contribution in [3.63, 3.8) is 0 Å². The Morgan fingerprint density at radius 3 is 2.48 bits per heavy atom. The summed E-state index contributed by atoms with van der Waals surface area (Å²) in [6, 6.07) is 5.00. The van der Waals surface area contributed by atoms with E-state index >= 15 is 0 Å². The SMILES string of the molecule is CC1=CC(C)(O)c2onc(-c3c(Cl)cccc3Cl)c2C1=O. The molecule has 0 saturated carbocycles. The molecule has 1 aromatic carbocycles. The molecular weight excluding hydrogens is 313 g/mol. The van der Waals surface area contributed by atoms with Crippen molar-refractivity contribution < 1.29 is 14.4 Å². The van der Waals surface area contributed by atoms with E-state index in [2.05, 4.69) is 5.16 Å². The molecule has 0 saturated heterocycles. The lowest BCUT2D eigenvalue weighted by molar-refractivity contribution is 0.0693. The molecule has 1 atom stereocenters. The van der Waals surface area contributed by atoms with E-state index in [9.17, 15) is 9.90 Å². The third-order valence-corrected chi connectivity index (χ3v) is 4.06. The van der Waals surface area contributed by atoms with E-state index in [1.165, 1.54) is 13.0 Å². The molecule has 1 aliphatic rings. The molecule has 6 heteroatoms. The number of rotatable bonds is 1. The molecule has 0 spiro atoms. The maximum absolute atomic E-state index is 12.4. The van der Waals surface area contributed by atoms with Crippen molar-refractivity contribution in [2.45, 2.75) is 19.4 Å². The highest BCUT2D eigenvalue weighted by molar-refractivity contribution is 6.39. The summed E-state index contributed by atoms with van der Waals surface area (Å²) >= 11 is 12.3. The zero-order valence-corrected chi connectivity index (χ0v) is 12.8. The van der Waals surface area contributed by atoms with Gasteiger partial charge in [0.25, 0.3) is 0 Å². The Balaban J connectivity index is 2.32. The van der Waals surface area contributed by atoms with Crippen molar-refractivity contribution in [2.75, 3.05) is 0 Å². The maximum atomic E-state index is 12.4. The van der Waals surface area contributed by atoms with Crippen LogP contribution in [0.25, 0.3) is 11.3 Å². The fourth-order valence-electron chi connectivity index (χ4n) is 2.49. The van der Waals surface area contributed by atoms with Gasteiger partial charge in [-0.2, -0.15) is 0 Å². The molecule has 4 nitrogen and oxygen atoms in total. The molecule has 2 aromatic rings. The Hall–Kier alpha value is -1.62. The number of halogens is 2. The van der Waals surface area contributed by atoms with Crippen molar-refractivity contribution in [3.8, 4) is 11.3 Å². The molecule has 3 rings (SSSR count). The second-order valence-electron chi connectivity index (χ2n) is 5.14. The number of hydrogen-bond acceptors (Lipinski definition) is 4. The minimum atomic E-state index is -1.40. The molecule has 108 valence electrons. The highest BCUT2D eigenvalue weighted by Gasteiger charge is 2.40. The van der Waals surface area contributed by atoms with Gasteiger partial charge in [0.05, 0.1) is 15.6 Å². The van der Waals surface area contributed by atoms with Gasteiger partial charge in [-0.25, -0.2) is 0 Å². The monoisotopic (exact) mass is 323 g/mol. The average molecular weight is 324 g/mol. The Morgan fingerprint density at radius 1 is 1.24 bits per heavy atom. The number of ketones is 1. The fraction of sp³-hybridized carbons (Fsp3) is 0.200. The lowest BCUT2D eigenvalue weighted by Crippen LogP contribution is -2.26. The lowest BCUT2D eigenvalue weighted by Gasteiger charge is -2.22. The number of aliphatic hydroxyl groups is 1. The molecule has 1 heterocycles. The molecule has 0 bridgehead atoms. The Bertz CT molecular complexity index is 770. The van der Waals surface area contributed by atoms with Crippen molar-refractivity contribution in [3.05, 3.63) is 51.2 Å². The van der Waals surface area contributed by atoms with E-state index in [1.807, 2.05) is 0 Å². The van der Waals surface area contributed by atoms with Crippen LogP contribution in [0.3, 0.4) is 0 Å². The quantitative estimate of drug-likeness (QED) is 0.861. The highest BCUT2D eigenvalue weighted by atomic mass is 35.5. The maximum Gasteiger partial charge on any atom is 0.194 e. The normalized spacial score (nSPS) is 21.2. The van der Waals surface area contributed by atoms with E-state index in [-0.39, 0.29) is 22.8 Å². The molecule has 0 amide bonds. The van der Waals surface area contributed by atoms with Crippen LogP contribution in [0.5, 0.6) is 0 Å². The first kappa shape index (κ1) is 14.3. The average Bonchev–Trinajstić information content (AvgIpc) is 2.81. The third-order valence-electron chi connectivity index (χ3n) is 3.43. The van der Waals surface area contributed by atoms with Gasteiger partial charge in [0, 0.05) is 5.56 Å². The molecule has 0 fully saturated rings. The second kappa shape index (κ2) is 4.70. The summed E-state index contributed by atoms with van der Waals surface area (Å²) in [6.45, 7) is 3.16. The Morgan fingerprint density at radius 2 is 1.86 bits per heavy atom. The topological polar surface area (TPSA) is 63.3 Å². The Labute approximate surface area is 131 Å². The van der Waals surface area contributed by atoms with E-state index in [0.717, 1.165) is 0 Å². The van der Waals surface area contributed by atoms with Gasteiger partial charge >= 0.3 is 0 Å². The van der Waals surface area contributed by atoms with Crippen LogP contribution in [-0.4, -0.2) is 16.0 Å². The van der Waals surface area contributed by atoms with E-state index in [0.29, 0.717) is 21.2 Å². The van der Waals surface area contributed by atoms with Crippen molar-refractivity contribution in [1.29, 1.82) is 0 Å². The first-order valence-corrected chi connectivity index (χ1v) is 6.99. The number of aromatic nitrogens is 1. The van der Waals surface area contributed by atoms with E-state index in [4.69, 9.17) is 27.7 Å². The van der Waals surface area contributed by atoms with Crippen molar-refractivity contribution in [1.82, 2.24) is 5.16 Å². The lowest BCUT2D eigenvalue weighted by atomic mass is 9.85. The standard InChI is InChI=1S/C15H11Cl2NO3/c1-7-6-15(2,20)14-11(13(7)19)12(18-21-14)10-8(16)4-3-5-9(10)17/h3-6,20H,1-2H3. The van der Waals surface area contributed by atoms with Gasteiger partial charge in [0.1, 0.15) is 11.3 Å². The minimum absolute atomic E-state index is 0.101. The summed E-state index contributed by atoms with van der Waals surface area (Å²) in [5.74, 6) is -0.159. The minimum Gasteiger partial charge on any atom is -0.378 e. The van der Waals surface area contributed by atoms with Crippen molar-refractivity contribution >= 4 is 29.0 Å². The number of carbonyl (C=O) groups excluding carboxylic acids is 1. The first-order valence-electron chi connectivity index (χ1n) is 6.24. The van der Waals surface area contributed by atoms with Crippen LogP contribution >= 0.6 is 23.2 Å². The molecular formula is C15H11Cl2NO3. The number of benzene rings is 1. The number of Topliss-reactive ketones (excluding diaryl/α,β-unsaturated/α-hetero) is 1. The summed E-state index contributed by atoms with van der Waals surface area (Å²) in [4.78, 5) is 12.4. The van der Waals surface area contributed by atoms with Crippen LogP contribution in [-0.2, 0) is 5.60 Å². The zero-order valence-electron chi connectivity index (χ0n) is 11.3. The smallest absolute Gasteiger partial charge is 0.194 e. The molecule has 0 aliphatic heterocycles. The number of allylic oxidation sites excluding steroid dienone is 1. The van der Waals surface area contributed by atoms with Gasteiger partial charge in [-0.3, -0.25) is 4.79 Å². The van der Waals surface area contributed by atoms with Gasteiger partial charge in [0.2, 0.25) is 0 Å².